The summed E-state index contributed by atoms with van der Waals surface area (Å²) in [6, 6.07) is 9.03. The van der Waals surface area contributed by atoms with Crippen LogP contribution >= 0.6 is 0 Å². The van der Waals surface area contributed by atoms with Crippen molar-refractivity contribution in [3.63, 3.8) is 0 Å². The lowest BCUT2D eigenvalue weighted by molar-refractivity contribution is -0.122. The molecule has 0 saturated heterocycles. The Bertz CT molecular complexity index is 703. The molecule has 2 aromatic carbocycles. The molecule has 1 atom stereocenters. The zero-order valence-electron chi connectivity index (χ0n) is 12.5. The predicted molar refractivity (Wildman–Crippen MR) is 80.7 cm³/mol. The van der Waals surface area contributed by atoms with Crippen molar-refractivity contribution in [3.8, 4) is 5.75 Å². The number of hydrogen-bond acceptors (Lipinski definition) is 3. The van der Waals surface area contributed by atoms with Crippen LogP contribution in [-0.2, 0) is 16.8 Å². The number of hydrogen-bond donors (Lipinski definition) is 3. The SMILES string of the molecule is CC(CO)(NC(=O)Cc1ccc(F)cc1F)c1ccc(O)cc1. The van der Waals surface area contributed by atoms with Gasteiger partial charge in [-0.05, 0) is 36.2 Å². The Balaban J connectivity index is 2.14. The Labute approximate surface area is 132 Å². The lowest BCUT2D eigenvalue weighted by Crippen LogP contribution is -2.47. The summed E-state index contributed by atoms with van der Waals surface area (Å²) >= 11 is 0. The monoisotopic (exact) mass is 321 g/mol. The van der Waals surface area contributed by atoms with Crippen LogP contribution < -0.4 is 5.32 Å². The van der Waals surface area contributed by atoms with Crippen molar-refractivity contribution < 1.29 is 23.8 Å². The van der Waals surface area contributed by atoms with E-state index < -0.39 is 23.1 Å². The molecule has 2 aromatic rings. The third-order valence-corrected chi connectivity index (χ3v) is 3.60. The normalized spacial score (nSPS) is 13.4. The number of phenols is 1. The standard InChI is InChI=1S/C17H17F2NO3/c1-17(10-21,12-3-6-14(22)7-4-12)20-16(23)8-11-2-5-13(18)9-15(11)19/h2-7,9,21-22H,8,10H2,1H3,(H,20,23). The van der Waals surface area contributed by atoms with Crippen molar-refractivity contribution in [3.05, 3.63) is 65.2 Å². The molecular formula is C17H17F2NO3. The first kappa shape index (κ1) is 16.9. The summed E-state index contributed by atoms with van der Waals surface area (Å²) in [7, 11) is 0. The fourth-order valence-corrected chi connectivity index (χ4v) is 2.22. The minimum Gasteiger partial charge on any atom is -0.508 e. The molecular weight excluding hydrogens is 304 g/mol. The van der Waals surface area contributed by atoms with Gasteiger partial charge in [-0.25, -0.2) is 8.78 Å². The minimum atomic E-state index is -1.08. The molecule has 0 spiro atoms. The number of aromatic hydroxyl groups is 1. The predicted octanol–water partition coefficient (Wildman–Crippen LogP) is 2.24. The highest BCUT2D eigenvalue weighted by atomic mass is 19.1. The van der Waals surface area contributed by atoms with Crippen LogP contribution in [0.3, 0.4) is 0 Å². The molecule has 0 aromatic heterocycles. The van der Waals surface area contributed by atoms with E-state index in [0.29, 0.717) is 11.6 Å². The molecule has 1 unspecified atom stereocenters. The van der Waals surface area contributed by atoms with Crippen LogP contribution in [0.4, 0.5) is 8.78 Å². The van der Waals surface area contributed by atoms with Gasteiger partial charge >= 0.3 is 0 Å². The van der Waals surface area contributed by atoms with E-state index in [4.69, 9.17) is 0 Å². The Kier molecular flexibility index (Phi) is 4.95. The Morgan fingerprint density at radius 3 is 2.39 bits per heavy atom. The lowest BCUT2D eigenvalue weighted by atomic mass is 9.92. The van der Waals surface area contributed by atoms with E-state index in [1.807, 2.05) is 0 Å². The average Bonchev–Trinajstić information content (AvgIpc) is 2.50. The Morgan fingerprint density at radius 1 is 1.17 bits per heavy atom. The number of aliphatic hydroxyl groups is 1. The van der Waals surface area contributed by atoms with Crippen LogP contribution in [0.25, 0.3) is 0 Å². The van der Waals surface area contributed by atoms with Gasteiger partial charge in [0.2, 0.25) is 5.91 Å². The van der Waals surface area contributed by atoms with Crippen molar-refractivity contribution in [2.24, 2.45) is 0 Å². The highest BCUT2D eigenvalue weighted by Crippen LogP contribution is 2.23. The van der Waals surface area contributed by atoms with Crippen LogP contribution in [0.15, 0.2) is 42.5 Å². The second kappa shape index (κ2) is 6.75. The van der Waals surface area contributed by atoms with Gasteiger partial charge in [0.25, 0.3) is 0 Å². The molecule has 0 heterocycles. The smallest absolute Gasteiger partial charge is 0.225 e. The van der Waals surface area contributed by atoms with Gasteiger partial charge < -0.3 is 15.5 Å². The van der Waals surface area contributed by atoms with Crippen LogP contribution in [0.1, 0.15) is 18.1 Å². The van der Waals surface area contributed by atoms with Crippen LogP contribution in [-0.4, -0.2) is 22.7 Å². The zero-order valence-corrected chi connectivity index (χ0v) is 12.5. The Morgan fingerprint density at radius 2 is 1.83 bits per heavy atom. The topological polar surface area (TPSA) is 69.6 Å². The van der Waals surface area contributed by atoms with Crippen molar-refractivity contribution in [2.45, 2.75) is 18.9 Å². The maximum atomic E-state index is 13.6. The van der Waals surface area contributed by atoms with E-state index in [2.05, 4.69) is 5.32 Å². The van der Waals surface area contributed by atoms with E-state index in [0.717, 1.165) is 6.07 Å². The summed E-state index contributed by atoms with van der Waals surface area (Å²) in [5, 5.41) is 21.6. The molecule has 3 N–H and O–H groups in total. The molecule has 0 saturated carbocycles. The van der Waals surface area contributed by atoms with E-state index in [-0.39, 0.29) is 24.3 Å². The number of carbonyl (C=O) groups is 1. The van der Waals surface area contributed by atoms with Crippen molar-refractivity contribution in [1.82, 2.24) is 5.32 Å². The van der Waals surface area contributed by atoms with Gasteiger partial charge in [-0.1, -0.05) is 18.2 Å². The number of carbonyl (C=O) groups excluding carboxylic acids is 1. The number of benzene rings is 2. The number of halogens is 2. The summed E-state index contributed by atoms with van der Waals surface area (Å²) in [6.45, 7) is 1.23. The van der Waals surface area contributed by atoms with Crippen LogP contribution in [0.5, 0.6) is 5.75 Å². The van der Waals surface area contributed by atoms with Crippen LogP contribution in [0, 0.1) is 11.6 Å². The molecule has 1 amide bonds. The van der Waals surface area contributed by atoms with Gasteiger partial charge in [-0.15, -0.1) is 0 Å². The molecule has 23 heavy (non-hydrogen) atoms. The molecule has 0 fully saturated rings. The maximum Gasteiger partial charge on any atom is 0.225 e. The van der Waals surface area contributed by atoms with E-state index in [9.17, 15) is 23.8 Å². The number of rotatable bonds is 5. The quantitative estimate of drug-likeness (QED) is 0.791. The number of phenolic OH excluding ortho intramolecular Hbond substituents is 1. The van der Waals surface area contributed by atoms with Gasteiger partial charge in [-0.3, -0.25) is 4.79 Å². The molecule has 122 valence electrons. The van der Waals surface area contributed by atoms with E-state index in [1.54, 1.807) is 19.1 Å². The van der Waals surface area contributed by atoms with Crippen LogP contribution in [0.2, 0.25) is 0 Å². The molecule has 0 aliphatic rings. The minimum absolute atomic E-state index is 0.0637. The molecule has 0 bridgehead atoms. The second-order valence-electron chi connectivity index (χ2n) is 5.50. The molecule has 0 radical (unpaired) electrons. The maximum absolute atomic E-state index is 13.6. The summed E-state index contributed by atoms with van der Waals surface area (Å²) in [5.41, 5.74) is -0.429. The van der Waals surface area contributed by atoms with Gasteiger partial charge in [-0.2, -0.15) is 0 Å². The number of aliphatic hydroxyl groups excluding tert-OH is 1. The largest absolute Gasteiger partial charge is 0.508 e. The fourth-order valence-electron chi connectivity index (χ4n) is 2.22. The van der Waals surface area contributed by atoms with Gasteiger partial charge in [0.05, 0.1) is 18.6 Å². The summed E-state index contributed by atoms with van der Waals surface area (Å²) in [4.78, 5) is 12.1. The zero-order chi connectivity index (χ0) is 17.0. The number of amides is 1. The lowest BCUT2D eigenvalue weighted by Gasteiger charge is -2.29. The first-order valence-electron chi connectivity index (χ1n) is 6.99. The molecule has 4 nitrogen and oxygen atoms in total. The third kappa shape index (κ3) is 4.04. The average molecular weight is 321 g/mol. The van der Waals surface area contributed by atoms with Crippen molar-refractivity contribution in [1.29, 1.82) is 0 Å². The summed E-state index contributed by atoms with van der Waals surface area (Å²) < 4.78 is 26.5. The summed E-state index contributed by atoms with van der Waals surface area (Å²) in [5.74, 6) is -1.96. The molecule has 2 rings (SSSR count). The van der Waals surface area contributed by atoms with Gasteiger partial charge in [0.15, 0.2) is 0 Å². The van der Waals surface area contributed by atoms with Gasteiger partial charge in [0.1, 0.15) is 17.4 Å². The fraction of sp³-hybridized carbons (Fsp3) is 0.235. The highest BCUT2D eigenvalue weighted by Gasteiger charge is 2.28. The van der Waals surface area contributed by atoms with Gasteiger partial charge in [0, 0.05) is 6.07 Å². The first-order valence-corrected chi connectivity index (χ1v) is 6.99. The number of nitrogens with one attached hydrogen (secondary N) is 1. The highest BCUT2D eigenvalue weighted by molar-refractivity contribution is 5.79. The van der Waals surface area contributed by atoms with E-state index >= 15 is 0 Å². The first-order chi connectivity index (χ1) is 10.8. The molecule has 6 heteroatoms. The third-order valence-electron chi connectivity index (χ3n) is 3.60. The van der Waals surface area contributed by atoms with E-state index in [1.165, 1.54) is 18.2 Å². The second-order valence-corrected chi connectivity index (χ2v) is 5.50. The molecule has 0 aliphatic carbocycles. The van der Waals surface area contributed by atoms with Crippen molar-refractivity contribution in [2.75, 3.05) is 6.61 Å². The Hall–Kier alpha value is -2.47. The summed E-state index contributed by atoms with van der Waals surface area (Å²) in [6.07, 6.45) is -0.278. The molecule has 0 aliphatic heterocycles. The van der Waals surface area contributed by atoms with Crippen molar-refractivity contribution >= 4 is 5.91 Å².